The van der Waals surface area contributed by atoms with Gasteiger partial charge in [0.1, 0.15) is 17.7 Å². The highest BCUT2D eigenvalue weighted by Crippen LogP contribution is 2.33. The van der Waals surface area contributed by atoms with Crippen LogP contribution < -0.4 is 10.1 Å². The van der Waals surface area contributed by atoms with E-state index >= 15 is 0 Å². The number of hydrogen-bond donors (Lipinski definition) is 1. The van der Waals surface area contributed by atoms with Crippen LogP contribution in [-0.2, 0) is 22.6 Å². The van der Waals surface area contributed by atoms with Crippen LogP contribution >= 0.6 is 11.6 Å². The van der Waals surface area contributed by atoms with E-state index in [9.17, 15) is 14.0 Å². The van der Waals surface area contributed by atoms with Crippen LogP contribution in [0.15, 0.2) is 18.2 Å². The molecule has 190 valence electrons. The highest BCUT2D eigenvalue weighted by Gasteiger charge is 2.35. The molecule has 36 heavy (non-hydrogen) atoms. The molecule has 2 aromatic heterocycles. The number of amides is 2. The molecule has 2 aliphatic rings. The van der Waals surface area contributed by atoms with Crippen LogP contribution in [-0.4, -0.2) is 57.2 Å². The number of benzene rings is 1. The summed E-state index contributed by atoms with van der Waals surface area (Å²) in [6.45, 7) is 4.73. The minimum atomic E-state index is -0.486. The molecule has 9 nitrogen and oxygen atoms in total. The van der Waals surface area contributed by atoms with Crippen molar-refractivity contribution in [1.82, 2.24) is 24.8 Å². The molecule has 0 atom stereocenters. The molecule has 1 fully saturated rings. The van der Waals surface area contributed by atoms with E-state index in [-0.39, 0.29) is 35.3 Å². The number of nitrogens with one attached hydrogen (secondary N) is 1. The lowest BCUT2D eigenvalue weighted by Gasteiger charge is -2.36. The van der Waals surface area contributed by atoms with Gasteiger partial charge < -0.3 is 19.7 Å². The number of carbonyl (C=O) groups is 2. The first kappa shape index (κ1) is 24.5. The summed E-state index contributed by atoms with van der Waals surface area (Å²) in [5.74, 6) is -0.639. The first-order valence-electron chi connectivity index (χ1n) is 11.8. The minimum Gasteiger partial charge on any atom is -0.489 e. The van der Waals surface area contributed by atoms with Crippen LogP contribution in [0.3, 0.4) is 0 Å². The molecule has 0 bridgehead atoms. The SMILES string of the molecule is COCCC(=O)NC1CC(Oc2cc(F)ccc2C(=O)N2Cc3nn4c(C)c(Cl)c(C)nc4c3C2)C1. The summed E-state index contributed by atoms with van der Waals surface area (Å²) in [5, 5.41) is 8.11. The third-order valence-electron chi connectivity index (χ3n) is 6.70. The Kier molecular flexibility index (Phi) is 6.57. The molecular weight excluding hydrogens is 489 g/mol. The highest BCUT2D eigenvalue weighted by molar-refractivity contribution is 6.31. The van der Waals surface area contributed by atoms with Crippen LogP contribution in [0.4, 0.5) is 4.39 Å². The number of methoxy groups -OCH3 is 1. The first-order valence-corrected chi connectivity index (χ1v) is 12.2. The Bertz CT molecular complexity index is 1350. The Morgan fingerprint density at radius 2 is 2.03 bits per heavy atom. The maximum absolute atomic E-state index is 14.1. The number of halogens is 2. The maximum Gasteiger partial charge on any atom is 0.258 e. The Morgan fingerprint density at radius 1 is 1.25 bits per heavy atom. The molecule has 2 amide bonds. The number of aryl methyl sites for hydroxylation is 2. The monoisotopic (exact) mass is 515 g/mol. The van der Waals surface area contributed by atoms with Gasteiger partial charge in [0.2, 0.25) is 5.91 Å². The van der Waals surface area contributed by atoms with E-state index in [1.807, 2.05) is 13.8 Å². The minimum absolute atomic E-state index is 0.00933. The van der Waals surface area contributed by atoms with E-state index in [0.717, 1.165) is 17.0 Å². The van der Waals surface area contributed by atoms with Crippen molar-refractivity contribution >= 4 is 29.1 Å². The van der Waals surface area contributed by atoms with Crippen molar-refractivity contribution < 1.29 is 23.5 Å². The largest absolute Gasteiger partial charge is 0.489 e. The molecule has 1 aliphatic heterocycles. The van der Waals surface area contributed by atoms with Crippen molar-refractivity contribution in [3.63, 3.8) is 0 Å². The molecule has 11 heteroatoms. The molecule has 5 rings (SSSR count). The summed E-state index contributed by atoms with van der Waals surface area (Å²) in [5.41, 5.74) is 4.11. The Hall–Kier alpha value is -3.24. The van der Waals surface area contributed by atoms with Crippen molar-refractivity contribution in [2.24, 2.45) is 0 Å². The number of aromatic nitrogens is 3. The van der Waals surface area contributed by atoms with E-state index in [1.54, 1.807) is 16.5 Å². The normalized spacial score (nSPS) is 18.8. The molecular formula is C25H27ClFN5O4. The quantitative estimate of drug-likeness (QED) is 0.518. The Balaban J connectivity index is 1.28. The summed E-state index contributed by atoms with van der Waals surface area (Å²) in [7, 11) is 1.55. The fourth-order valence-electron chi connectivity index (χ4n) is 4.65. The third kappa shape index (κ3) is 4.51. The second-order valence-electron chi connectivity index (χ2n) is 9.28. The van der Waals surface area contributed by atoms with Crippen molar-refractivity contribution in [3.05, 3.63) is 57.2 Å². The zero-order valence-corrected chi connectivity index (χ0v) is 21.1. The molecule has 1 saturated carbocycles. The molecule has 1 aromatic carbocycles. The standard InChI is InChI=1S/C25H27ClFN5O4/c1-13-23(26)14(2)32-24(28-13)19-11-31(12-20(19)30-32)25(34)18-5-4-15(27)8-21(18)36-17-9-16(10-17)29-22(33)6-7-35-3/h4-5,8,16-17H,6-7,9-12H2,1-3H3,(H,29,33). The smallest absolute Gasteiger partial charge is 0.258 e. The van der Waals surface area contributed by atoms with E-state index in [4.69, 9.17) is 21.1 Å². The fraction of sp³-hybridized carbons (Fsp3) is 0.440. The lowest BCUT2D eigenvalue weighted by molar-refractivity contribution is -0.123. The van der Waals surface area contributed by atoms with Crippen molar-refractivity contribution in [1.29, 1.82) is 0 Å². The average Bonchev–Trinajstić information content (AvgIpc) is 3.39. The fourth-order valence-corrected chi connectivity index (χ4v) is 4.77. The van der Waals surface area contributed by atoms with E-state index in [1.165, 1.54) is 18.2 Å². The second kappa shape index (κ2) is 9.67. The van der Waals surface area contributed by atoms with Crippen LogP contribution in [0.1, 0.15) is 52.3 Å². The third-order valence-corrected chi connectivity index (χ3v) is 7.25. The molecule has 0 unspecified atom stereocenters. The van der Waals surface area contributed by atoms with Gasteiger partial charge in [0.15, 0.2) is 5.65 Å². The van der Waals surface area contributed by atoms with E-state index < -0.39 is 5.82 Å². The van der Waals surface area contributed by atoms with Crippen LogP contribution in [0.2, 0.25) is 5.02 Å². The molecule has 3 heterocycles. The molecule has 0 spiro atoms. The van der Waals surface area contributed by atoms with Gasteiger partial charge in [-0.05, 0) is 26.0 Å². The predicted molar refractivity (Wildman–Crippen MR) is 130 cm³/mol. The number of fused-ring (bicyclic) bond motifs is 3. The van der Waals surface area contributed by atoms with Crippen LogP contribution in [0.25, 0.3) is 5.65 Å². The van der Waals surface area contributed by atoms with Gasteiger partial charge in [0, 0.05) is 44.0 Å². The van der Waals surface area contributed by atoms with Crippen LogP contribution in [0, 0.1) is 19.7 Å². The molecule has 1 aliphatic carbocycles. The number of ether oxygens (including phenoxy) is 2. The summed E-state index contributed by atoms with van der Waals surface area (Å²) >= 11 is 6.32. The van der Waals surface area contributed by atoms with Gasteiger partial charge in [-0.3, -0.25) is 9.59 Å². The summed E-state index contributed by atoms with van der Waals surface area (Å²) in [6, 6.07) is 3.93. The zero-order chi connectivity index (χ0) is 25.6. The van der Waals surface area contributed by atoms with Gasteiger partial charge in [-0.25, -0.2) is 13.9 Å². The van der Waals surface area contributed by atoms with E-state index in [0.29, 0.717) is 55.3 Å². The lowest BCUT2D eigenvalue weighted by atomic mass is 9.89. The van der Waals surface area contributed by atoms with Gasteiger partial charge in [-0.15, -0.1) is 0 Å². The lowest BCUT2D eigenvalue weighted by Crippen LogP contribution is -2.49. The molecule has 0 saturated heterocycles. The van der Waals surface area contributed by atoms with Gasteiger partial charge in [0.05, 0.1) is 47.4 Å². The summed E-state index contributed by atoms with van der Waals surface area (Å²) in [6.07, 6.45) is 1.25. The molecule has 3 aromatic rings. The number of rotatable bonds is 7. The first-order chi connectivity index (χ1) is 17.2. The van der Waals surface area contributed by atoms with Gasteiger partial charge in [0.25, 0.3) is 5.91 Å². The Labute approximate surface area is 212 Å². The maximum atomic E-state index is 14.1. The number of hydrogen-bond acceptors (Lipinski definition) is 6. The highest BCUT2D eigenvalue weighted by atomic mass is 35.5. The number of carbonyl (C=O) groups excluding carboxylic acids is 2. The van der Waals surface area contributed by atoms with Crippen LogP contribution in [0.5, 0.6) is 5.75 Å². The average molecular weight is 516 g/mol. The second-order valence-corrected chi connectivity index (χ2v) is 9.66. The van der Waals surface area contributed by atoms with Gasteiger partial charge >= 0.3 is 0 Å². The summed E-state index contributed by atoms with van der Waals surface area (Å²) in [4.78, 5) is 31.5. The zero-order valence-electron chi connectivity index (χ0n) is 20.3. The topological polar surface area (TPSA) is 98.1 Å². The van der Waals surface area contributed by atoms with Crippen molar-refractivity contribution in [2.45, 2.75) is 58.3 Å². The van der Waals surface area contributed by atoms with Crippen molar-refractivity contribution in [3.8, 4) is 5.75 Å². The Morgan fingerprint density at radius 3 is 2.78 bits per heavy atom. The number of nitrogens with zero attached hydrogens (tertiary/aromatic N) is 4. The molecule has 1 N–H and O–H groups in total. The van der Waals surface area contributed by atoms with E-state index in [2.05, 4.69) is 15.4 Å². The summed E-state index contributed by atoms with van der Waals surface area (Å²) < 4.78 is 26.7. The van der Waals surface area contributed by atoms with Crippen molar-refractivity contribution in [2.75, 3.05) is 13.7 Å². The van der Waals surface area contributed by atoms with Gasteiger partial charge in [-0.1, -0.05) is 11.6 Å². The predicted octanol–water partition coefficient (Wildman–Crippen LogP) is 3.36. The molecule has 0 radical (unpaired) electrons. The van der Waals surface area contributed by atoms with Gasteiger partial charge in [-0.2, -0.15) is 5.10 Å².